The van der Waals surface area contributed by atoms with E-state index in [-0.39, 0.29) is 0 Å². The molecule has 3 rings (SSSR count). The largest absolute Gasteiger partial charge is 0.493 e. The molecule has 0 N–H and O–H groups in total. The molecular weight excluding hydrogens is 304 g/mol. The number of ether oxygens (including phenoxy) is 1. The molecule has 0 saturated heterocycles. The molecule has 0 radical (unpaired) electrons. The molecule has 0 bridgehead atoms. The summed E-state index contributed by atoms with van der Waals surface area (Å²) >= 11 is 0. The zero-order valence-corrected chi connectivity index (χ0v) is 14.9. The maximum Gasteiger partial charge on any atom is 0.127 e. The molecule has 0 amide bonds. The van der Waals surface area contributed by atoms with Crippen molar-refractivity contribution in [3.05, 3.63) is 78.9 Å². The van der Waals surface area contributed by atoms with Gasteiger partial charge in [0.1, 0.15) is 5.75 Å². The predicted molar refractivity (Wildman–Crippen MR) is 107 cm³/mol. The molecule has 3 aromatic carbocycles. The molecule has 0 unspecified atom stereocenters. The summed E-state index contributed by atoms with van der Waals surface area (Å²) in [6, 6.07) is 27.5. The summed E-state index contributed by atoms with van der Waals surface area (Å²) < 4.78 is 6.20. The quantitative estimate of drug-likeness (QED) is 0.405. The van der Waals surface area contributed by atoms with Crippen LogP contribution < -0.4 is 4.74 Å². The molecule has 1 heteroatoms. The van der Waals surface area contributed by atoms with Crippen molar-refractivity contribution in [1.82, 2.24) is 0 Å². The van der Waals surface area contributed by atoms with Gasteiger partial charge >= 0.3 is 0 Å². The Morgan fingerprint density at radius 1 is 0.640 bits per heavy atom. The zero-order valence-electron chi connectivity index (χ0n) is 14.9. The molecule has 0 atom stereocenters. The molecule has 25 heavy (non-hydrogen) atoms. The zero-order chi connectivity index (χ0) is 17.3. The molecule has 1 nitrogen and oxygen atoms in total. The minimum atomic E-state index is 0.776. The van der Waals surface area contributed by atoms with E-state index in [1.807, 2.05) is 0 Å². The number of hydrogen-bond donors (Lipinski definition) is 0. The third kappa shape index (κ3) is 4.51. The summed E-state index contributed by atoms with van der Waals surface area (Å²) in [5.74, 6) is 0.976. The fraction of sp³-hybridized carbons (Fsp3) is 0.250. The third-order valence-corrected chi connectivity index (χ3v) is 4.43. The van der Waals surface area contributed by atoms with Gasteiger partial charge in [-0.25, -0.2) is 0 Å². The molecule has 0 aromatic heterocycles. The van der Waals surface area contributed by atoms with Crippen molar-refractivity contribution in [1.29, 1.82) is 0 Å². The van der Waals surface area contributed by atoms with E-state index in [9.17, 15) is 0 Å². The van der Waals surface area contributed by atoms with E-state index in [4.69, 9.17) is 4.74 Å². The topological polar surface area (TPSA) is 9.23 Å². The van der Waals surface area contributed by atoms with Gasteiger partial charge in [0.05, 0.1) is 6.61 Å². The third-order valence-electron chi connectivity index (χ3n) is 4.43. The van der Waals surface area contributed by atoms with Gasteiger partial charge in [-0.1, -0.05) is 99.0 Å². The summed E-state index contributed by atoms with van der Waals surface area (Å²) in [5.41, 5.74) is 4.82. The number of hydrogen-bond acceptors (Lipinski definition) is 1. The Bertz CT molecular complexity index is 763. The van der Waals surface area contributed by atoms with Gasteiger partial charge in [-0.15, -0.1) is 0 Å². The minimum absolute atomic E-state index is 0.776. The van der Waals surface area contributed by atoms with Crippen LogP contribution in [0.25, 0.3) is 22.3 Å². The van der Waals surface area contributed by atoms with Crippen molar-refractivity contribution >= 4 is 0 Å². The average molecular weight is 330 g/mol. The van der Waals surface area contributed by atoms with Crippen LogP contribution in [0, 0.1) is 0 Å². The standard InChI is InChI=1S/C24H26O/c1-2-3-4-11-19-25-23-18-12-17-22(20-13-7-5-8-14-20)24(23)21-15-9-6-10-16-21/h5-10,12-18H,2-4,11,19H2,1H3. The Kier molecular flexibility index (Phi) is 6.28. The summed E-state index contributed by atoms with van der Waals surface area (Å²) in [6.45, 7) is 3.01. The minimum Gasteiger partial charge on any atom is -0.493 e. The van der Waals surface area contributed by atoms with Gasteiger partial charge in [0.15, 0.2) is 0 Å². The lowest BCUT2D eigenvalue weighted by molar-refractivity contribution is 0.306. The van der Waals surface area contributed by atoms with Gasteiger partial charge in [0.25, 0.3) is 0 Å². The molecule has 0 heterocycles. The number of unbranched alkanes of at least 4 members (excludes halogenated alkanes) is 3. The summed E-state index contributed by atoms with van der Waals surface area (Å²) in [4.78, 5) is 0. The summed E-state index contributed by atoms with van der Waals surface area (Å²) in [6.07, 6.45) is 4.87. The van der Waals surface area contributed by atoms with Gasteiger partial charge < -0.3 is 4.74 Å². The first-order chi connectivity index (χ1) is 12.4. The number of benzene rings is 3. The van der Waals surface area contributed by atoms with E-state index < -0.39 is 0 Å². The number of rotatable bonds is 8. The predicted octanol–water partition coefficient (Wildman–Crippen LogP) is 6.98. The Hall–Kier alpha value is -2.54. The second-order valence-corrected chi connectivity index (χ2v) is 6.32. The normalized spacial score (nSPS) is 10.6. The van der Waals surface area contributed by atoms with Crippen molar-refractivity contribution in [2.75, 3.05) is 6.61 Å². The van der Waals surface area contributed by atoms with Crippen molar-refractivity contribution in [3.8, 4) is 28.0 Å². The Morgan fingerprint density at radius 2 is 1.32 bits per heavy atom. The average Bonchev–Trinajstić information content (AvgIpc) is 2.69. The molecule has 0 aliphatic rings. The van der Waals surface area contributed by atoms with Crippen LogP contribution in [0.4, 0.5) is 0 Å². The lowest BCUT2D eigenvalue weighted by Gasteiger charge is -2.16. The van der Waals surface area contributed by atoms with Crippen molar-refractivity contribution in [3.63, 3.8) is 0 Å². The highest BCUT2D eigenvalue weighted by molar-refractivity contribution is 5.87. The molecule has 3 aromatic rings. The SMILES string of the molecule is CCCCCCOc1cccc(-c2ccccc2)c1-c1ccccc1. The van der Waals surface area contributed by atoms with Gasteiger partial charge in [0, 0.05) is 5.56 Å². The lowest BCUT2D eigenvalue weighted by Crippen LogP contribution is -2.00. The van der Waals surface area contributed by atoms with E-state index in [2.05, 4.69) is 85.8 Å². The van der Waals surface area contributed by atoms with E-state index in [0.717, 1.165) is 18.8 Å². The second-order valence-electron chi connectivity index (χ2n) is 6.32. The van der Waals surface area contributed by atoms with Crippen LogP contribution in [0.1, 0.15) is 32.6 Å². The van der Waals surface area contributed by atoms with Crippen LogP contribution in [0.5, 0.6) is 5.75 Å². The Labute approximate surface area is 151 Å². The van der Waals surface area contributed by atoms with Crippen molar-refractivity contribution in [2.24, 2.45) is 0 Å². The van der Waals surface area contributed by atoms with E-state index in [1.165, 1.54) is 41.5 Å². The molecule has 0 aliphatic heterocycles. The van der Waals surface area contributed by atoms with Crippen LogP contribution in [-0.2, 0) is 0 Å². The van der Waals surface area contributed by atoms with E-state index >= 15 is 0 Å². The van der Waals surface area contributed by atoms with Crippen molar-refractivity contribution < 1.29 is 4.74 Å². The van der Waals surface area contributed by atoms with Crippen LogP contribution in [0.15, 0.2) is 78.9 Å². The second kappa shape index (κ2) is 9.08. The Balaban J connectivity index is 1.95. The van der Waals surface area contributed by atoms with Gasteiger partial charge in [-0.05, 0) is 29.2 Å². The highest BCUT2D eigenvalue weighted by atomic mass is 16.5. The van der Waals surface area contributed by atoms with Gasteiger partial charge in [-0.2, -0.15) is 0 Å². The first-order valence-electron chi connectivity index (χ1n) is 9.27. The Morgan fingerprint density at radius 3 is 2.00 bits per heavy atom. The molecule has 0 aliphatic carbocycles. The lowest BCUT2D eigenvalue weighted by atomic mass is 9.94. The fourth-order valence-corrected chi connectivity index (χ4v) is 3.12. The van der Waals surface area contributed by atoms with Crippen molar-refractivity contribution in [2.45, 2.75) is 32.6 Å². The van der Waals surface area contributed by atoms with Crippen LogP contribution in [-0.4, -0.2) is 6.61 Å². The van der Waals surface area contributed by atoms with Gasteiger partial charge in [-0.3, -0.25) is 0 Å². The highest BCUT2D eigenvalue weighted by Gasteiger charge is 2.13. The maximum absolute atomic E-state index is 6.20. The van der Waals surface area contributed by atoms with Crippen LogP contribution in [0.3, 0.4) is 0 Å². The van der Waals surface area contributed by atoms with Gasteiger partial charge in [0.2, 0.25) is 0 Å². The first-order valence-corrected chi connectivity index (χ1v) is 9.27. The summed E-state index contributed by atoms with van der Waals surface area (Å²) in [7, 11) is 0. The maximum atomic E-state index is 6.20. The summed E-state index contributed by atoms with van der Waals surface area (Å²) in [5, 5.41) is 0. The molecule has 128 valence electrons. The smallest absolute Gasteiger partial charge is 0.127 e. The van der Waals surface area contributed by atoms with E-state index in [0.29, 0.717) is 0 Å². The van der Waals surface area contributed by atoms with Crippen LogP contribution in [0.2, 0.25) is 0 Å². The molecular formula is C24H26O. The molecule has 0 saturated carbocycles. The van der Waals surface area contributed by atoms with E-state index in [1.54, 1.807) is 0 Å². The fourth-order valence-electron chi connectivity index (χ4n) is 3.12. The monoisotopic (exact) mass is 330 g/mol. The van der Waals surface area contributed by atoms with Crippen LogP contribution >= 0.6 is 0 Å². The molecule has 0 spiro atoms. The molecule has 0 fully saturated rings. The highest BCUT2D eigenvalue weighted by Crippen LogP contribution is 2.39. The first kappa shape index (κ1) is 17.3.